The van der Waals surface area contributed by atoms with Crippen molar-refractivity contribution in [3.05, 3.63) is 35.7 Å². The Morgan fingerprint density at radius 1 is 0.872 bits per heavy atom. The summed E-state index contributed by atoms with van der Waals surface area (Å²) in [4.78, 5) is 17.6. The molecule has 1 aromatic carbocycles. The van der Waals surface area contributed by atoms with Crippen LogP contribution in [0.4, 0.5) is 23.0 Å². The van der Waals surface area contributed by atoms with E-state index >= 15 is 0 Å². The fourth-order valence-corrected chi connectivity index (χ4v) is 6.32. The predicted octanol–water partition coefficient (Wildman–Crippen LogP) is 3.83. The van der Waals surface area contributed by atoms with Gasteiger partial charge in [-0.3, -0.25) is 4.90 Å². The summed E-state index contributed by atoms with van der Waals surface area (Å²) in [5.74, 6) is 1.61. The van der Waals surface area contributed by atoms with Crippen molar-refractivity contribution in [3.63, 3.8) is 0 Å². The smallest absolute Gasteiger partial charge is 0.155 e. The molecule has 5 rings (SSSR count). The number of likely N-dealkylation sites (N-methyl/N-ethyl adjacent to an activating group) is 1. The molecule has 0 radical (unpaired) electrons. The number of aromatic nitrogens is 2. The van der Waals surface area contributed by atoms with Crippen molar-refractivity contribution in [2.45, 2.75) is 76.6 Å². The second kappa shape index (κ2) is 13.3. The summed E-state index contributed by atoms with van der Waals surface area (Å²) in [7, 11) is 4.04. The Balaban J connectivity index is 1.21. The number of nitrogens with zero attached hydrogens (tertiary/aromatic N) is 5. The molecule has 0 bridgehead atoms. The molecule has 0 unspecified atom stereocenters. The number of benzene rings is 1. The molecular formula is C30H48N8O. The maximum Gasteiger partial charge on any atom is 0.155 e. The number of methoxy groups -OCH3 is 1. The van der Waals surface area contributed by atoms with Gasteiger partial charge in [-0.2, -0.15) is 0 Å². The lowest BCUT2D eigenvalue weighted by Crippen LogP contribution is -2.52. The maximum atomic E-state index is 6.10. The van der Waals surface area contributed by atoms with Crippen LogP contribution in [0.2, 0.25) is 0 Å². The van der Waals surface area contributed by atoms with E-state index in [0.717, 1.165) is 79.9 Å². The summed E-state index contributed by atoms with van der Waals surface area (Å²) in [6.45, 7) is 9.51. The van der Waals surface area contributed by atoms with Crippen molar-refractivity contribution < 1.29 is 4.74 Å². The number of hydrogen-bond acceptors (Lipinski definition) is 9. The van der Waals surface area contributed by atoms with Crippen molar-refractivity contribution in [2.24, 2.45) is 5.73 Å². The highest BCUT2D eigenvalue weighted by Crippen LogP contribution is 2.29. The van der Waals surface area contributed by atoms with E-state index in [9.17, 15) is 0 Å². The average Bonchev–Trinajstić information content (AvgIpc) is 2.98. The number of aryl methyl sites for hydroxylation is 1. The Kier molecular flexibility index (Phi) is 9.55. The van der Waals surface area contributed by atoms with Crippen LogP contribution in [0, 0.1) is 0 Å². The van der Waals surface area contributed by atoms with E-state index < -0.39 is 0 Å². The zero-order valence-electron chi connectivity index (χ0n) is 24.2. The molecule has 0 spiro atoms. The quantitative estimate of drug-likeness (QED) is 0.442. The zero-order valence-corrected chi connectivity index (χ0v) is 24.2. The van der Waals surface area contributed by atoms with Crippen LogP contribution in [0.5, 0.6) is 0 Å². The summed E-state index contributed by atoms with van der Waals surface area (Å²) >= 11 is 0. The Morgan fingerprint density at radius 3 is 2.18 bits per heavy atom. The van der Waals surface area contributed by atoms with Crippen molar-refractivity contribution in [2.75, 3.05) is 69.0 Å². The highest BCUT2D eigenvalue weighted by atomic mass is 16.5. The molecule has 4 N–H and O–H groups in total. The van der Waals surface area contributed by atoms with E-state index in [1.165, 1.54) is 44.7 Å². The van der Waals surface area contributed by atoms with Crippen LogP contribution in [-0.4, -0.2) is 91.4 Å². The van der Waals surface area contributed by atoms with E-state index in [0.29, 0.717) is 18.7 Å². The van der Waals surface area contributed by atoms with E-state index in [4.69, 9.17) is 20.4 Å². The first-order valence-electron chi connectivity index (χ1n) is 15.0. The molecule has 214 valence electrons. The molecule has 9 nitrogen and oxygen atoms in total. The summed E-state index contributed by atoms with van der Waals surface area (Å²) in [5, 5.41) is 7.19. The van der Waals surface area contributed by atoms with Gasteiger partial charge in [-0.25, -0.2) is 9.97 Å². The molecule has 3 aliphatic rings. The molecule has 1 saturated carbocycles. The predicted molar refractivity (Wildman–Crippen MR) is 160 cm³/mol. The minimum Gasteiger partial charge on any atom is -0.381 e. The lowest BCUT2D eigenvalue weighted by Gasteiger charge is -2.42. The molecule has 2 aliphatic heterocycles. The van der Waals surface area contributed by atoms with E-state index in [1.54, 1.807) is 0 Å². The van der Waals surface area contributed by atoms with Gasteiger partial charge >= 0.3 is 0 Å². The average molecular weight is 537 g/mol. The maximum absolute atomic E-state index is 6.10. The van der Waals surface area contributed by atoms with Crippen LogP contribution in [0.15, 0.2) is 24.3 Å². The third-order valence-corrected chi connectivity index (χ3v) is 8.93. The van der Waals surface area contributed by atoms with Gasteiger partial charge in [0.05, 0.1) is 17.5 Å². The van der Waals surface area contributed by atoms with Crippen LogP contribution in [0.25, 0.3) is 0 Å². The Morgan fingerprint density at radius 2 is 1.56 bits per heavy atom. The molecule has 3 heterocycles. The number of piperidine rings is 1. The molecule has 0 atom stereocenters. The second-order valence-corrected chi connectivity index (χ2v) is 11.5. The molecule has 2 saturated heterocycles. The fraction of sp³-hybridized carbons (Fsp3) is 0.667. The van der Waals surface area contributed by atoms with Crippen LogP contribution in [0.3, 0.4) is 0 Å². The molecule has 3 fully saturated rings. The van der Waals surface area contributed by atoms with Crippen molar-refractivity contribution in [3.8, 4) is 0 Å². The lowest BCUT2D eigenvalue weighted by atomic mass is 9.93. The fourth-order valence-electron chi connectivity index (χ4n) is 6.32. The van der Waals surface area contributed by atoms with Crippen LogP contribution >= 0.6 is 0 Å². The number of rotatable bonds is 9. The number of nitrogens with two attached hydrogens (primary N) is 1. The van der Waals surface area contributed by atoms with Gasteiger partial charge in [-0.05, 0) is 76.3 Å². The molecule has 0 amide bonds. The molecule has 39 heavy (non-hydrogen) atoms. The number of ether oxygens (including phenoxy) is 1. The Bertz CT molecular complexity index is 1040. The zero-order chi connectivity index (χ0) is 27.2. The molecular weight excluding hydrogens is 488 g/mol. The van der Waals surface area contributed by atoms with Gasteiger partial charge in [0.25, 0.3) is 0 Å². The van der Waals surface area contributed by atoms with E-state index in [-0.39, 0.29) is 0 Å². The third kappa shape index (κ3) is 7.01. The van der Waals surface area contributed by atoms with Gasteiger partial charge in [0, 0.05) is 76.4 Å². The van der Waals surface area contributed by atoms with Gasteiger partial charge < -0.3 is 30.9 Å². The number of nitrogens with one attached hydrogen (secondary N) is 2. The van der Waals surface area contributed by atoms with E-state index in [1.807, 2.05) is 7.11 Å². The standard InChI is InChI=1S/C30H48N8O/c1-4-27-29(32-23-7-11-26(39-3)12-8-23)35-30(28(21-31)34-27)33-22-5-9-24(10-6-22)37-15-13-25(14-16-37)38-19-17-36(2)18-20-38/h5-6,9-10,23,25-26H,4,7-8,11-21,31H2,1-3H3,(H2,32,33,35). The molecule has 1 aromatic heterocycles. The largest absolute Gasteiger partial charge is 0.381 e. The SMILES string of the molecule is CCc1nc(CN)c(Nc2ccc(N3CCC(N4CCN(C)CC4)CC3)cc2)nc1NC1CCC(OC)CC1. The van der Waals surface area contributed by atoms with Crippen molar-refractivity contribution >= 4 is 23.0 Å². The molecule has 1 aliphatic carbocycles. The summed E-state index contributed by atoms with van der Waals surface area (Å²) < 4.78 is 5.54. The third-order valence-electron chi connectivity index (χ3n) is 8.93. The van der Waals surface area contributed by atoms with Crippen LogP contribution in [-0.2, 0) is 17.7 Å². The van der Waals surface area contributed by atoms with Crippen LogP contribution < -0.4 is 21.3 Å². The Labute approximate surface area is 234 Å². The minimum atomic E-state index is 0.349. The Hall–Kier alpha value is -2.46. The first kappa shape index (κ1) is 28.1. The first-order valence-corrected chi connectivity index (χ1v) is 15.0. The van der Waals surface area contributed by atoms with Crippen molar-refractivity contribution in [1.82, 2.24) is 19.8 Å². The second-order valence-electron chi connectivity index (χ2n) is 11.5. The molecule has 9 heteroatoms. The number of hydrogen-bond donors (Lipinski definition) is 3. The normalized spacial score (nSPS) is 23.6. The van der Waals surface area contributed by atoms with Gasteiger partial charge in [0.15, 0.2) is 5.82 Å². The highest BCUT2D eigenvalue weighted by molar-refractivity contribution is 5.64. The summed E-state index contributed by atoms with van der Waals surface area (Å²) in [5.41, 5.74) is 10.2. The highest BCUT2D eigenvalue weighted by Gasteiger charge is 2.27. The van der Waals surface area contributed by atoms with Gasteiger partial charge in [-0.1, -0.05) is 6.92 Å². The lowest BCUT2D eigenvalue weighted by molar-refractivity contribution is 0.0681. The van der Waals surface area contributed by atoms with Gasteiger partial charge in [0.2, 0.25) is 0 Å². The number of anilines is 4. The van der Waals surface area contributed by atoms with E-state index in [2.05, 4.69) is 63.6 Å². The summed E-state index contributed by atoms with van der Waals surface area (Å²) in [6.07, 6.45) is 8.00. The minimum absolute atomic E-state index is 0.349. The first-order chi connectivity index (χ1) is 19.1. The molecule has 2 aromatic rings. The number of piperazine rings is 1. The van der Waals surface area contributed by atoms with Gasteiger partial charge in [0.1, 0.15) is 5.82 Å². The van der Waals surface area contributed by atoms with Crippen molar-refractivity contribution in [1.29, 1.82) is 0 Å². The summed E-state index contributed by atoms with van der Waals surface area (Å²) in [6, 6.07) is 9.87. The topological polar surface area (TPSA) is 94.8 Å². The monoisotopic (exact) mass is 536 g/mol. The van der Waals surface area contributed by atoms with Gasteiger partial charge in [-0.15, -0.1) is 0 Å². The van der Waals surface area contributed by atoms with Crippen LogP contribution in [0.1, 0.15) is 56.8 Å².